The van der Waals surface area contributed by atoms with Crippen molar-refractivity contribution in [3.05, 3.63) is 48.6 Å². The number of likely N-dealkylation sites (tertiary alicyclic amines) is 2. The van der Waals surface area contributed by atoms with Gasteiger partial charge in [0.25, 0.3) is 5.91 Å². The highest BCUT2D eigenvalue weighted by atomic mass is 32.2. The largest absolute Gasteiger partial charge is 0.474 e. The van der Waals surface area contributed by atoms with Gasteiger partial charge in [-0.25, -0.2) is 23.2 Å². The van der Waals surface area contributed by atoms with Gasteiger partial charge in [-0.1, -0.05) is 0 Å². The van der Waals surface area contributed by atoms with Crippen molar-refractivity contribution in [3.63, 3.8) is 0 Å². The minimum Gasteiger partial charge on any atom is -0.474 e. The number of primary amides is 1. The molecule has 1 aromatic carbocycles. The summed E-state index contributed by atoms with van der Waals surface area (Å²) in [4.78, 5) is 40.2. The number of sulfone groups is 1. The van der Waals surface area contributed by atoms with Crippen LogP contribution in [0, 0.1) is 5.41 Å². The molecule has 14 heteroatoms. The summed E-state index contributed by atoms with van der Waals surface area (Å²) in [6.07, 6.45) is 4.31. The molecule has 232 valence electrons. The SMILES string of the molecule is C=C(OC(C)(C)C)N1CC2(C1)CN(C(=O)NC1CCCN(c3cnc(C(N)=O)c(Nc4ccc(S(C)(=O)=O)cc4)n3)C1)C2. The maximum absolute atomic E-state index is 13.0. The molecule has 4 heterocycles. The highest BCUT2D eigenvalue weighted by Gasteiger charge is 2.54. The molecule has 3 saturated heterocycles. The fraction of sp³-hybridized carbons (Fsp3) is 0.517. The molecule has 0 bridgehead atoms. The lowest BCUT2D eigenvalue weighted by atomic mass is 9.73. The summed E-state index contributed by atoms with van der Waals surface area (Å²) in [6.45, 7) is 14.4. The zero-order valence-electron chi connectivity index (χ0n) is 25.1. The van der Waals surface area contributed by atoms with Crippen molar-refractivity contribution in [2.24, 2.45) is 11.1 Å². The molecule has 1 unspecified atom stereocenters. The second-order valence-corrected chi connectivity index (χ2v) is 14.8. The van der Waals surface area contributed by atoms with Crippen LogP contribution in [0.15, 0.2) is 47.8 Å². The average molecular weight is 613 g/mol. The molecule has 3 amide bonds. The number of carbonyl (C=O) groups excluding carboxylic acids is 2. The molecule has 1 spiro atoms. The number of amides is 3. The van der Waals surface area contributed by atoms with Gasteiger partial charge in [0.15, 0.2) is 27.2 Å². The summed E-state index contributed by atoms with van der Waals surface area (Å²) in [6, 6.07) is 5.95. The van der Waals surface area contributed by atoms with Crippen LogP contribution in [-0.4, -0.2) is 97.3 Å². The maximum atomic E-state index is 13.0. The molecule has 43 heavy (non-hydrogen) atoms. The summed E-state index contributed by atoms with van der Waals surface area (Å²) in [7, 11) is -3.35. The number of aromatic nitrogens is 2. The topological polar surface area (TPSA) is 163 Å². The number of ether oxygens (including phenoxy) is 1. The first kappa shape index (κ1) is 30.4. The number of urea groups is 1. The highest BCUT2D eigenvalue weighted by molar-refractivity contribution is 7.90. The number of hydrogen-bond donors (Lipinski definition) is 3. The standard InChI is InChI=1S/C29H40N8O5S/c1-19(42-28(2,3)4)36-15-29(16-36)17-37(18-29)27(39)33-21-7-6-12-35(14-21)23-13-31-24(25(30)38)26(34-23)32-20-8-10-22(11-9-20)43(5,40)41/h8-11,13,21H,1,6-7,12,14-18H2,2-5H3,(H2,30,38)(H,32,34)(H,33,39). The van der Waals surface area contributed by atoms with Crippen molar-refractivity contribution in [1.29, 1.82) is 0 Å². The number of anilines is 3. The Balaban J connectivity index is 1.17. The molecule has 2 aromatic rings. The maximum Gasteiger partial charge on any atom is 0.317 e. The van der Waals surface area contributed by atoms with Crippen LogP contribution in [0.2, 0.25) is 0 Å². The lowest BCUT2D eigenvalue weighted by molar-refractivity contribution is -0.118. The fourth-order valence-corrected chi connectivity index (χ4v) is 6.39. The van der Waals surface area contributed by atoms with E-state index >= 15 is 0 Å². The number of nitrogens with one attached hydrogen (secondary N) is 2. The van der Waals surface area contributed by atoms with Crippen LogP contribution in [0.4, 0.5) is 22.1 Å². The third kappa shape index (κ3) is 6.95. The second-order valence-electron chi connectivity index (χ2n) is 12.8. The number of rotatable bonds is 8. The first-order valence-corrected chi connectivity index (χ1v) is 16.2. The Kier molecular flexibility index (Phi) is 7.92. The van der Waals surface area contributed by atoms with Crippen molar-refractivity contribution < 1.29 is 22.7 Å². The van der Waals surface area contributed by atoms with E-state index in [2.05, 4.69) is 32.1 Å². The molecule has 1 atom stereocenters. The van der Waals surface area contributed by atoms with Crippen LogP contribution in [0.3, 0.4) is 0 Å². The van der Waals surface area contributed by atoms with Gasteiger partial charge in [-0.3, -0.25) is 4.79 Å². The molecule has 3 aliphatic rings. The number of nitrogens with two attached hydrogens (primary N) is 1. The minimum atomic E-state index is -3.35. The van der Waals surface area contributed by atoms with E-state index in [4.69, 9.17) is 10.5 Å². The molecule has 3 aliphatic heterocycles. The van der Waals surface area contributed by atoms with Gasteiger partial charge in [-0.05, 0) is 64.5 Å². The van der Waals surface area contributed by atoms with E-state index in [1.54, 1.807) is 12.1 Å². The Labute approximate surface area is 252 Å². The average Bonchev–Trinajstić information content (AvgIpc) is 2.86. The Morgan fingerprint density at radius 3 is 2.37 bits per heavy atom. The normalized spacial score (nSPS) is 19.7. The monoisotopic (exact) mass is 612 g/mol. The smallest absolute Gasteiger partial charge is 0.317 e. The van der Waals surface area contributed by atoms with Gasteiger partial charge >= 0.3 is 6.03 Å². The molecule has 0 aliphatic carbocycles. The first-order valence-electron chi connectivity index (χ1n) is 14.3. The second kappa shape index (κ2) is 11.2. The number of benzene rings is 1. The molecule has 0 radical (unpaired) electrons. The molecular formula is C29H40N8O5S. The zero-order chi connectivity index (χ0) is 31.2. The lowest BCUT2D eigenvalue weighted by Gasteiger charge is -2.60. The van der Waals surface area contributed by atoms with Gasteiger partial charge in [0.05, 0.1) is 11.1 Å². The molecule has 3 fully saturated rings. The van der Waals surface area contributed by atoms with Gasteiger partial charge in [0, 0.05) is 62.7 Å². The van der Waals surface area contributed by atoms with Crippen LogP contribution in [0.5, 0.6) is 0 Å². The van der Waals surface area contributed by atoms with Crippen molar-refractivity contribution in [1.82, 2.24) is 25.1 Å². The van der Waals surface area contributed by atoms with E-state index < -0.39 is 15.7 Å². The predicted octanol–water partition coefficient (Wildman–Crippen LogP) is 2.30. The molecule has 5 rings (SSSR count). The summed E-state index contributed by atoms with van der Waals surface area (Å²) in [5.41, 5.74) is 5.85. The Bertz CT molecular complexity index is 1510. The van der Waals surface area contributed by atoms with Gasteiger partial charge < -0.3 is 35.8 Å². The fourth-order valence-electron chi connectivity index (χ4n) is 5.76. The summed E-state index contributed by atoms with van der Waals surface area (Å²) >= 11 is 0. The molecule has 13 nitrogen and oxygen atoms in total. The lowest BCUT2D eigenvalue weighted by Crippen LogP contribution is -2.73. The van der Waals surface area contributed by atoms with E-state index in [1.807, 2.05) is 30.6 Å². The molecule has 0 saturated carbocycles. The van der Waals surface area contributed by atoms with Crippen LogP contribution in [0.25, 0.3) is 0 Å². The number of piperidine rings is 1. The third-order valence-corrected chi connectivity index (χ3v) is 8.91. The van der Waals surface area contributed by atoms with Crippen molar-refractivity contribution in [2.45, 2.75) is 50.2 Å². The van der Waals surface area contributed by atoms with Gasteiger partial charge in [-0.15, -0.1) is 0 Å². The summed E-state index contributed by atoms with van der Waals surface area (Å²) < 4.78 is 29.4. The first-order chi connectivity index (χ1) is 20.1. The third-order valence-electron chi connectivity index (χ3n) is 7.78. The molecule has 1 aromatic heterocycles. The van der Waals surface area contributed by atoms with Crippen LogP contribution in [-0.2, 0) is 14.6 Å². The quantitative estimate of drug-likeness (QED) is 0.377. The van der Waals surface area contributed by atoms with E-state index in [9.17, 15) is 18.0 Å². The van der Waals surface area contributed by atoms with E-state index in [0.717, 1.165) is 32.2 Å². The minimum absolute atomic E-state index is 0.0346. The van der Waals surface area contributed by atoms with E-state index in [-0.39, 0.29) is 39.5 Å². The van der Waals surface area contributed by atoms with Crippen molar-refractivity contribution >= 4 is 39.1 Å². The number of hydrogen-bond acceptors (Lipinski definition) is 10. The Morgan fingerprint density at radius 2 is 1.77 bits per heavy atom. The van der Waals surface area contributed by atoms with Crippen LogP contribution in [0.1, 0.15) is 44.1 Å². The zero-order valence-corrected chi connectivity index (χ0v) is 25.9. The van der Waals surface area contributed by atoms with Crippen LogP contribution >= 0.6 is 0 Å². The van der Waals surface area contributed by atoms with Gasteiger partial charge in [-0.2, -0.15) is 0 Å². The number of nitrogens with zero attached hydrogens (tertiary/aromatic N) is 5. The van der Waals surface area contributed by atoms with Gasteiger partial charge in [0.2, 0.25) is 0 Å². The molecular weight excluding hydrogens is 572 g/mol. The Hall–Kier alpha value is -4.07. The van der Waals surface area contributed by atoms with Gasteiger partial charge in [0.1, 0.15) is 11.4 Å². The van der Waals surface area contributed by atoms with Crippen molar-refractivity contribution in [3.8, 4) is 0 Å². The van der Waals surface area contributed by atoms with Crippen molar-refractivity contribution in [2.75, 3.05) is 55.7 Å². The van der Waals surface area contributed by atoms with E-state index in [1.165, 1.54) is 18.3 Å². The van der Waals surface area contributed by atoms with Crippen LogP contribution < -0.4 is 21.3 Å². The van der Waals surface area contributed by atoms with E-state index in [0.29, 0.717) is 43.6 Å². The highest BCUT2D eigenvalue weighted by Crippen LogP contribution is 2.41. The Morgan fingerprint density at radius 1 is 1.12 bits per heavy atom. The summed E-state index contributed by atoms with van der Waals surface area (Å²) in [5.74, 6) is 0.637. The predicted molar refractivity (Wildman–Crippen MR) is 163 cm³/mol. The molecule has 4 N–H and O–H groups in total. The summed E-state index contributed by atoms with van der Waals surface area (Å²) in [5, 5.41) is 6.21. The number of carbonyl (C=O) groups is 2.